The molecule has 0 spiro atoms. The Kier molecular flexibility index (Phi) is 6.22. The molecule has 0 aromatic carbocycles. The number of hydrogen-bond acceptors (Lipinski definition) is 7. The highest BCUT2D eigenvalue weighted by Gasteiger charge is 2.31. The molecular weight excluding hydrogens is 372 g/mol. The van der Waals surface area contributed by atoms with Gasteiger partial charge in [-0.25, -0.2) is 9.97 Å². The van der Waals surface area contributed by atoms with E-state index < -0.39 is 0 Å². The Balaban J connectivity index is 2.16. The summed E-state index contributed by atoms with van der Waals surface area (Å²) in [5.74, 6) is 1.93. The number of rotatable bonds is 7. The third-order valence-electron chi connectivity index (χ3n) is 5.18. The first-order valence-electron chi connectivity index (χ1n) is 9.58. The predicted octanol–water partition coefficient (Wildman–Crippen LogP) is 2.43. The highest BCUT2D eigenvalue weighted by molar-refractivity contribution is 5.63. The Morgan fingerprint density at radius 1 is 1.17 bits per heavy atom. The van der Waals surface area contributed by atoms with Crippen LogP contribution >= 0.6 is 0 Å². The standard InChI is InChI=1S/C21H28N4O4/c1-7-17-19(25-11-15(28-5)10-14(25)12-27-4)21(26)24(3)20(23-17)16-8-9-18(29-6)22-13(16)2/h8-9,11,14H,7,10,12H2,1-6H3/t14-/m0/s1. The fraction of sp³-hybridized carbons (Fsp3) is 0.476. The van der Waals surface area contributed by atoms with E-state index in [4.69, 9.17) is 19.2 Å². The molecule has 3 rings (SSSR count). The summed E-state index contributed by atoms with van der Waals surface area (Å²) in [5, 5.41) is 0. The van der Waals surface area contributed by atoms with Crippen LogP contribution in [-0.2, 0) is 22.9 Å². The summed E-state index contributed by atoms with van der Waals surface area (Å²) in [5.41, 5.74) is 2.73. The van der Waals surface area contributed by atoms with Crippen LogP contribution in [0.25, 0.3) is 11.4 Å². The van der Waals surface area contributed by atoms with Crippen LogP contribution in [0.2, 0.25) is 0 Å². The first-order valence-corrected chi connectivity index (χ1v) is 9.58. The lowest BCUT2D eigenvalue weighted by Crippen LogP contribution is -2.37. The molecule has 0 bridgehead atoms. The molecule has 8 nitrogen and oxygen atoms in total. The third kappa shape index (κ3) is 3.85. The molecule has 1 atom stereocenters. The number of nitrogens with zero attached hydrogens (tertiary/aromatic N) is 4. The molecule has 8 heteroatoms. The van der Waals surface area contributed by atoms with Gasteiger partial charge in [-0.15, -0.1) is 0 Å². The highest BCUT2D eigenvalue weighted by Crippen LogP contribution is 2.30. The van der Waals surface area contributed by atoms with Crippen molar-refractivity contribution in [3.8, 4) is 17.3 Å². The Bertz CT molecular complexity index is 983. The van der Waals surface area contributed by atoms with Gasteiger partial charge < -0.3 is 19.1 Å². The number of pyridine rings is 1. The average molecular weight is 400 g/mol. The first-order chi connectivity index (χ1) is 13.9. The van der Waals surface area contributed by atoms with Gasteiger partial charge in [-0.3, -0.25) is 9.36 Å². The van der Waals surface area contributed by atoms with E-state index >= 15 is 0 Å². The lowest BCUT2D eigenvalue weighted by atomic mass is 10.1. The number of anilines is 1. The minimum Gasteiger partial charge on any atom is -0.499 e. The molecule has 2 aromatic rings. The van der Waals surface area contributed by atoms with Crippen LogP contribution in [0.5, 0.6) is 5.88 Å². The van der Waals surface area contributed by atoms with Gasteiger partial charge in [-0.1, -0.05) is 6.92 Å². The summed E-state index contributed by atoms with van der Waals surface area (Å²) in [7, 11) is 6.61. The molecule has 29 heavy (non-hydrogen) atoms. The van der Waals surface area contributed by atoms with Crippen molar-refractivity contribution in [1.29, 1.82) is 0 Å². The van der Waals surface area contributed by atoms with E-state index in [2.05, 4.69) is 4.98 Å². The van der Waals surface area contributed by atoms with Gasteiger partial charge in [0.05, 0.1) is 38.3 Å². The summed E-state index contributed by atoms with van der Waals surface area (Å²) in [6, 6.07) is 3.65. The Morgan fingerprint density at radius 3 is 2.52 bits per heavy atom. The molecule has 156 valence electrons. The number of aromatic nitrogens is 3. The molecule has 1 aliphatic rings. The van der Waals surface area contributed by atoms with Crippen LogP contribution in [0.1, 0.15) is 24.7 Å². The molecule has 0 amide bonds. The van der Waals surface area contributed by atoms with E-state index in [9.17, 15) is 4.79 Å². The molecule has 0 radical (unpaired) electrons. The maximum atomic E-state index is 13.4. The van der Waals surface area contributed by atoms with E-state index in [0.717, 1.165) is 22.7 Å². The lowest BCUT2D eigenvalue weighted by molar-refractivity contribution is 0.175. The predicted molar refractivity (Wildman–Crippen MR) is 111 cm³/mol. The monoisotopic (exact) mass is 400 g/mol. The van der Waals surface area contributed by atoms with Crippen molar-refractivity contribution in [2.45, 2.75) is 32.7 Å². The van der Waals surface area contributed by atoms with Crippen LogP contribution in [0.15, 0.2) is 28.9 Å². The normalized spacial score (nSPS) is 16.1. The summed E-state index contributed by atoms with van der Waals surface area (Å²) >= 11 is 0. The van der Waals surface area contributed by atoms with Crippen LogP contribution < -0.4 is 15.2 Å². The zero-order valence-electron chi connectivity index (χ0n) is 17.9. The Morgan fingerprint density at radius 2 is 1.93 bits per heavy atom. The first kappa shape index (κ1) is 20.9. The maximum absolute atomic E-state index is 13.4. The van der Waals surface area contributed by atoms with Gasteiger partial charge in [0.25, 0.3) is 5.56 Å². The van der Waals surface area contributed by atoms with Gasteiger partial charge in [-0.05, 0) is 19.4 Å². The summed E-state index contributed by atoms with van der Waals surface area (Å²) < 4.78 is 17.6. The highest BCUT2D eigenvalue weighted by atomic mass is 16.5. The molecule has 0 unspecified atom stereocenters. The van der Waals surface area contributed by atoms with Crippen molar-refractivity contribution in [3.63, 3.8) is 0 Å². The molecule has 3 heterocycles. The van der Waals surface area contributed by atoms with Crippen molar-refractivity contribution in [2.75, 3.05) is 32.8 Å². The Labute approximate surface area is 170 Å². The molecule has 0 fully saturated rings. The molecule has 0 N–H and O–H groups in total. The minimum atomic E-state index is -0.114. The fourth-order valence-electron chi connectivity index (χ4n) is 3.63. The second-order valence-corrected chi connectivity index (χ2v) is 6.96. The maximum Gasteiger partial charge on any atom is 0.277 e. The topological polar surface area (TPSA) is 78.7 Å². The Hall–Kier alpha value is -2.87. The van der Waals surface area contributed by atoms with Crippen LogP contribution in [0.3, 0.4) is 0 Å². The molecular formula is C21H28N4O4. The summed E-state index contributed by atoms with van der Waals surface area (Å²) in [6.07, 6.45) is 3.18. The van der Waals surface area contributed by atoms with Crippen molar-refractivity contribution >= 4 is 5.69 Å². The summed E-state index contributed by atoms with van der Waals surface area (Å²) in [6.45, 7) is 4.36. The number of hydrogen-bond donors (Lipinski definition) is 0. The summed E-state index contributed by atoms with van der Waals surface area (Å²) in [4.78, 5) is 24.7. The van der Waals surface area contributed by atoms with Crippen LogP contribution in [-0.4, -0.2) is 48.5 Å². The van der Waals surface area contributed by atoms with Crippen molar-refractivity contribution in [3.05, 3.63) is 45.8 Å². The minimum absolute atomic E-state index is 0.00927. The van der Waals surface area contributed by atoms with Gasteiger partial charge in [0.2, 0.25) is 5.88 Å². The van der Waals surface area contributed by atoms with E-state index in [1.54, 1.807) is 39.0 Å². The van der Waals surface area contributed by atoms with Crippen molar-refractivity contribution < 1.29 is 14.2 Å². The van der Waals surface area contributed by atoms with Gasteiger partial charge in [-0.2, -0.15) is 0 Å². The van der Waals surface area contributed by atoms with E-state index in [0.29, 0.717) is 36.8 Å². The van der Waals surface area contributed by atoms with Crippen molar-refractivity contribution in [2.24, 2.45) is 7.05 Å². The number of aryl methyl sites for hydroxylation is 2. The smallest absolute Gasteiger partial charge is 0.277 e. The number of methoxy groups -OCH3 is 3. The van der Waals surface area contributed by atoms with Gasteiger partial charge >= 0.3 is 0 Å². The number of ether oxygens (including phenoxy) is 3. The fourth-order valence-corrected chi connectivity index (χ4v) is 3.63. The zero-order valence-corrected chi connectivity index (χ0v) is 17.9. The van der Waals surface area contributed by atoms with Gasteiger partial charge in [0.15, 0.2) is 0 Å². The van der Waals surface area contributed by atoms with E-state index in [1.165, 1.54) is 0 Å². The molecule has 0 saturated heterocycles. The second-order valence-electron chi connectivity index (χ2n) is 6.96. The second kappa shape index (κ2) is 8.65. The van der Waals surface area contributed by atoms with Crippen molar-refractivity contribution in [1.82, 2.24) is 14.5 Å². The third-order valence-corrected chi connectivity index (χ3v) is 5.18. The molecule has 1 aliphatic heterocycles. The largest absolute Gasteiger partial charge is 0.499 e. The van der Waals surface area contributed by atoms with Crippen LogP contribution in [0.4, 0.5) is 5.69 Å². The average Bonchev–Trinajstić information content (AvgIpc) is 3.12. The van der Waals surface area contributed by atoms with Crippen LogP contribution in [0, 0.1) is 6.92 Å². The SMILES string of the molecule is CCc1nc(-c2ccc(OC)nc2C)n(C)c(=O)c1N1C=C(OC)C[C@H]1COC. The van der Waals surface area contributed by atoms with Gasteiger partial charge in [0, 0.05) is 38.4 Å². The zero-order chi connectivity index (χ0) is 21.1. The van der Waals surface area contributed by atoms with Gasteiger partial charge in [0.1, 0.15) is 17.3 Å². The molecule has 0 aliphatic carbocycles. The van der Waals surface area contributed by atoms with E-state index in [1.807, 2.05) is 31.0 Å². The quantitative estimate of drug-likeness (QED) is 0.706. The molecule has 2 aromatic heterocycles. The molecule has 0 saturated carbocycles. The lowest BCUT2D eigenvalue weighted by Gasteiger charge is -2.26. The van der Waals surface area contributed by atoms with E-state index in [-0.39, 0.29) is 11.6 Å².